The minimum atomic E-state index is -1.01. The summed E-state index contributed by atoms with van der Waals surface area (Å²) < 4.78 is 18.4. The van der Waals surface area contributed by atoms with Crippen LogP contribution in [-0.2, 0) is 4.74 Å². The van der Waals surface area contributed by atoms with Crippen molar-refractivity contribution in [2.45, 2.75) is 51.9 Å². The predicted octanol–water partition coefficient (Wildman–Crippen LogP) is 2.26. The molecule has 0 radical (unpaired) electrons. The second-order valence-corrected chi connectivity index (χ2v) is 4.24. The van der Waals surface area contributed by atoms with Gasteiger partial charge in [-0.2, -0.15) is 0 Å². The SMILES string of the molecule is CC(C)NC(=O)O[C@@H]1CC[C@H](C)[C@H]1F. The van der Waals surface area contributed by atoms with Crippen molar-refractivity contribution in [3.8, 4) is 0 Å². The fraction of sp³-hybridized carbons (Fsp3) is 0.900. The Morgan fingerprint density at radius 1 is 1.50 bits per heavy atom. The molecule has 1 aliphatic rings. The van der Waals surface area contributed by atoms with E-state index in [0.29, 0.717) is 6.42 Å². The fourth-order valence-corrected chi connectivity index (χ4v) is 1.64. The van der Waals surface area contributed by atoms with Crippen molar-refractivity contribution in [1.82, 2.24) is 5.32 Å². The van der Waals surface area contributed by atoms with Gasteiger partial charge in [-0.15, -0.1) is 0 Å². The molecular weight excluding hydrogens is 185 g/mol. The average molecular weight is 203 g/mol. The number of carbonyl (C=O) groups excluding carboxylic acids is 1. The van der Waals surface area contributed by atoms with Crippen LogP contribution in [0.4, 0.5) is 9.18 Å². The Morgan fingerprint density at radius 3 is 2.57 bits per heavy atom. The van der Waals surface area contributed by atoms with Crippen LogP contribution in [-0.4, -0.2) is 24.4 Å². The van der Waals surface area contributed by atoms with Crippen molar-refractivity contribution in [3.63, 3.8) is 0 Å². The maximum atomic E-state index is 13.4. The van der Waals surface area contributed by atoms with E-state index in [1.807, 2.05) is 20.8 Å². The first-order chi connectivity index (χ1) is 6.50. The molecule has 1 saturated carbocycles. The van der Waals surface area contributed by atoms with Crippen LogP contribution in [0.3, 0.4) is 0 Å². The Balaban J connectivity index is 2.34. The first-order valence-corrected chi connectivity index (χ1v) is 5.12. The molecule has 0 unspecified atom stereocenters. The van der Waals surface area contributed by atoms with Gasteiger partial charge in [0, 0.05) is 6.04 Å². The van der Waals surface area contributed by atoms with E-state index >= 15 is 0 Å². The molecule has 0 aromatic rings. The van der Waals surface area contributed by atoms with Crippen LogP contribution in [0.25, 0.3) is 0 Å². The summed E-state index contributed by atoms with van der Waals surface area (Å²) in [5, 5.41) is 2.58. The predicted molar refractivity (Wildman–Crippen MR) is 51.8 cm³/mol. The molecular formula is C10H18FNO2. The van der Waals surface area contributed by atoms with Gasteiger partial charge in [-0.3, -0.25) is 0 Å². The quantitative estimate of drug-likeness (QED) is 0.747. The highest BCUT2D eigenvalue weighted by Gasteiger charge is 2.36. The topological polar surface area (TPSA) is 38.3 Å². The largest absolute Gasteiger partial charge is 0.443 e. The molecule has 0 spiro atoms. The molecule has 0 aromatic heterocycles. The van der Waals surface area contributed by atoms with Crippen molar-refractivity contribution < 1.29 is 13.9 Å². The Labute approximate surface area is 84.0 Å². The monoisotopic (exact) mass is 203 g/mol. The maximum absolute atomic E-state index is 13.4. The highest BCUT2D eigenvalue weighted by atomic mass is 19.1. The molecule has 1 amide bonds. The number of hydrogen-bond acceptors (Lipinski definition) is 2. The lowest BCUT2D eigenvalue weighted by molar-refractivity contribution is 0.0508. The molecule has 0 bridgehead atoms. The average Bonchev–Trinajstić information content (AvgIpc) is 2.34. The van der Waals surface area contributed by atoms with Crippen molar-refractivity contribution in [1.29, 1.82) is 0 Å². The van der Waals surface area contributed by atoms with Gasteiger partial charge in [0.1, 0.15) is 12.3 Å². The number of ether oxygens (including phenoxy) is 1. The molecule has 0 heterocycles. The molecule has 82 valence electrons. The van der Waals surface area contributed by atoms with Crippen molar-refractivity contribution in [2.24, 2.45) is 5.92 Å². The van der Waals surface area contributed by atoms with E-state index in [2.05, 4.69) is 5.32 Å². The van der Waals surface area contributed by atoms with Gasteiger partial charge in [0.05, 0.1) is 0 Å². The van der Waals surface area contributed by atoms with E-state index in [-0.39, 0.29) is 12.0 Å². The fourth-order valence-electron chi connectivity index (χ4n) is 1.64. The zero-order valence-electron chi connectivity index (χ0n) is 8.92. The molecule has 1 fully saturated rings. The summed E-state index contributed by atoms with van der Waals surface area (Å²) in [5.74, 6) is 0.00634. The summed E-state index contributed by atoms with van der Waals surface area (Å²) in [6.45, 7) is 5.52. The van der Waals surface area contributed by atoms with E-state index in [4.69, 9.17) is 4.74 Å². The highest BCUT2D eigenvalue weighted by molar-refractivity contribution is 5.67. The van der Waals surface area contributed by atoms with Crippen LogP contribution in [0.2, 0.25) is 0 Å². The Bertz CT molecular complexity index is 208. The number of alkyl halides is 1. The Kier molecular flexibility index (Phi) is 3.72. The minimum Gasteiger partial charge on any atom is -0.443 e. The van der Waals surface area contributed by atoms with E-state index in [1.165, 1.54) is 0 Å². The molecule has 3 nitrogen and oxygen atoms in total. The summed E-state index contributed by atoms with van der Waals surface area (Å²) >= 11 is 0. The summed E-state index contributed by atoms with van der Waals surface area (Å²) in [5.41, 5.74) is 0. The summed E-state index contributed by atoms with van der Waals surface area (Å²) in [4.78, 5) is 11.2. The summed E-state index contributed by atoms with van der Waals surface area (Å²) in [7, 11) is 0. The smallest absolute Gasteiger partial charge is 0.407 e. The van der Waals surface area contributed by atoms with Crippen LogP contribution in [0.1, 0.15) is 33.6 Å². The molecule has 0 aliphatic heterocycles. The minimum absolute atomic E-state index is 0.00634. The first-order valence-electron chi connectivity index (χ1n) is 5.12. The number of alkyl carbamates (subject to hydrolysis) is 1. The third kappa shape index (κ3) is 2.86. The van der Waals surface area contributed by atoms with E-state index in [9.17, 15) is 9.18 Å². The molecule has 0 aromatic carbocycles. The number of rotatable bonds is 2. The standard InChI is InChI=1S/C10H18FNO2/c1-6(2)12-10(13)14-8-5-4-7(3)9(8)11/h6-9H,4-5H2,1-3H3,(H,12,13)/t7-,8+,9+/m0/s1. The van der Waals surface area contributed by atoms with Crippen LogP contribution < -0.4 is 5.32 Å². The van der Waals surface area contributed by atoms with E-state index < -0.39 is 18.4 Å². The molecule has 3 atom stereocenters. The Hall–Kier alpha value is -0.800. The zero-order valence-corrected chi connectivity index (χ0v) is 8.92. The highest BCUT2D eigenvalue weighted by Crippen LogP contribution is 2.30. The van der Waals surface area contributed by atoms with Gasteiger partial charge >= 0.3 is 6.09 Å². The van der Waals surface area contributed by atoms with Gasteiger partial charge in [0.25, 0.3) is 0 Å². The Morgan fingerprint density at radius 2 is 2.14 bits per heavy atom. The van der Waals surface area contributed by atoms with Gasteiger partial charge < -0.3 is 10.1 Å². The van der Waals surface area contributed by atoms with Gasteiger partial charge in [0.15, 0.2) is 0 Å². The number of hydrogen-bond donors (Lipinski definition) is 1. The van der Waals surface area contributed by atoms with Crippen LogP contribution >= 0.6 is 0 Å². The summed E-state index contributed by atoms with van der Waals surface area (Å²) in [6.07, 6.45) is -0.646. The first kappa shape index (κ1) is 11.3. The van der Waals surface area contributed by atoms with Crippen molar-refractivity contribution >= 4 is 6.09 Å². The third-order valence-electron chi connectivity index (χ3n) is 2.47. The van der Waals surface area contributed by atoms with E-state index in [0.717, 1.165) is 6.42 Å². The summed E-state index contributed by atoms with van der Waals surface area (Å²) in [6, 6.07) is 0.0272. The lowest BCUT2D eigenvalue weighted by atomic mass is 10.1. The number of halogens is 1. The van der Waals surface area contributed by atoms with Crippen molar-refractivity contribution in [3.05, 3.63) is 0 Å². The lowest BCUT2D eigenvalue weighted by Crippen LogP contribution is -2.35. The number of amides is 1. The molecule has 1 rings (SSSR count). The lowest BCUT2D eigenvalue weighted by Gasteiger charge is -2.17. The van der Waals surface area contributed by atoms with Gasteiger partial charge in [-0.05, 0) is 32.6 Å². The molecule has 1 N–H and O–H groups in total. The molecule has 1 aliphatic carbocycles. The third-order valence-corrected chi connectivity index (χ3v) is 2.47. The maximum Gasteiger partial charge on any atom is 0.407 e. The molecule has 14 heavy (non-hydrogen) atoms. The van der Waals surface area contributed by atoms with Crippen LogP contribution in [0.15, 0.2) is 0 Å². The normalized spacial score (nSPS) is 31.9. The van der Waals surface area contributed by atoms with Gasteiger partial charge in [-0.1, -0.05) is 6.92 Å². The molecule has 0 saturated heterocycles. The van der Waals surface area contributed by atoms with Crippen LogP contribution in [0.5, 0.6) is 0 Å². The van der Waals surface area contributed by atoms with Gasteiger partial charge in [0.2, 0.25) is 0 Å². The second kappa shape index (κ2) is 4.62. The second-order valence-electron chi connectivity index (χ2n) is 4.24. The number of nitrogens with one attached hydrogen (secondary N) is 1. The van der Waals surface area contributed by atoms with Crippen LogP contribution in [0, 0.1) is 5.92 Å². The molecule has 4 heteroatoms. The van der Waals surface area contributed by atoms with E-state index in [1.54, 1.807) is 0 Å². The zero-order chi connectivity index (χ0) is 10.7. The van der Waals surface area contributed by atoms with Gasteiger partial charge in [-0.25, -0.2) is 9.18 Å². The number of carbonyl (C=O) groups is 1. The van der Waals surface area contributed by atoms with Crippen molar-refractivity contribution in [2.75, 3.05) is 0 Å².